The molecule has 2 unspecified atom stereocenters. The Bertz CT molecular complexity index is 545. The van der Waals surface area contributed by atoms with Gasteiger partial charge in [-0.2, -0.15) is 0 Å². The van der Waals surface area contributed by atoms with Crippen LogP contribution in [0.1, 0.15) is 30.2 Å². The molecule has 0 spiro atoms. The fourth-order valence-corrected chi connectivity index (χ4v) is 4.89. The molecule has 0 aliphatic carbocycles. The fraction of sp³-hybridized carbons (Fsp3) is 0.500. The highest BCUT2D eigenvalue weighted by molar-refractivity contribution is 7.92. The van der Waals surface area contributed by atoms with Crippen molar-refractivity contribution in [2.75, 3.05) is 5.75 Å². The summed E-state index contributed by atoms with van der Waals surface area (Å²) in [5.41, 5.74) is 0.311. The largest absolute Gasteiger partial charge is 0.228 e. The maximum atomic E-state index is 13.1. The maximum Gasteiger partial charge on any atom is 0.159 e. The Morgan fingerprint density at radius 2 is 1.94 bits per heavy atom. The number of sulfone groups is 1. The van der Waals surface area contributed by atoms with E-state index >= 15 is 0 Å². The SMILES string of the molecule is O=S1(=O)CCCCC1C(Cl)c1ccc(F)c(F)c1. The minimum atomic E-state index is -3.24. The van der Waals surface area contributed by atoms with Gasteiger partial charge in [-0.25, -0.2) is 17.2 Å². The molecule has 100 valence electrons. The van der Waals surface area contributed by atoms with E-state index in [1.165, 1.54) is 6.07 Å². The van der Waals surface area contributed by atoms with Crippen LogP contribution < -0.4 is 0 Å². The number of benzene rings is 1. The van der Waals surface area contributed by atoms with Crippen LogP contribution in [0, 0.1) is 11.6 Å². The Morgan fingerprint density at radius 1 is 1.22 bits per heavy atom. The number of hydrogen-bond donors (Lipinski definition) is 0. The third kappa shape index (κ3) is 2.67. The van der Waals surface area contributed by atoms with Crippen LogP contribution in [0.3, 0.4) is 0 Å². The second kappa shape index (κ2) is 5.13. The Morgan fingerprint density at radius 3 is 2.56 bits per heavy atom. The van der Waals surface area contributed by atoms with Crippen LogP contribution in [0.2, 0.25) is 0 Å². The molecule has 1 aromatic carbocycles. The number of halogens is 3. The lowest BCUT2D eigenvalue weighted by Crippen LogP contribution is -2.31. The van der Waals surface area contributed by atoms with Crippen molar-refractivity contribution in [3.05, 3.63) is 35.4 Å². The van der Waals surface area contributed by atoms with Crippen LogP contribution in [0.25, 0.3) is 0 Å². The molecule has 0 radical (unpaired) electrons. The molecule has 0 saturated carbocycles. The van der Waals surface area contributed by atoms with Gasteiger partial charge in [0, 0.05) is 0 Å². The third-order valence-electron chi connectivity index (χ3n) is 3.22. The molecule has 2 nitrogen and oxygen atoms in total. The molecule has 2 rings (SSSR count). The van der Waals surface area contributed by atoms with E-state index in [0.717, 1.165) is 18.6 Å². The second-order valence-electron chi connectivity index (χ2n) is 4.48. The van der Waals surface area contributed by atoms with Crippen molar-refractivity contribution in [3.63, 3.8) is 0 Å². The van der Waals surface area contributed by atoms with Gasteiger partial charge in [-0.3, -0.25) is 0 Å². The van der Waals surface area contributed by atoms with E-state index in [9.17, 15) is 17.2 Å². The van der Waals surface area contributed by atoms with Crippen LogP contribution >= 0.6 is 11.6 Å². The first kappa shape index (κ1) is 13.7. The van der Waals surface area contributed by atoms with Crippen LogP contribution in [0.15, 0.2) is 18.2 Å². The fourth-order valence-electron chi connectivity index (χ4n) is 2.21. The summed E-state index contributed by atoms with van der Waals surface area (Å²) >= 11 is 6.13. The first-order chi connectivity index (χ1) is 8.42. The third-order valence-corrected chi connectivity index (χ3v) is 6.21. The number of rotatable bonds is 2. The predicted molar refractivity (Wildman–Crippen MR) is 66.4 cm³/mol. The second-order valence-corrected chi connectivity index (χ2v) is 7.29. The lowest BCUT2D eigenvalue weighted by molar-refractivity contribution is 0.504. The first-order valence-electron chi connectivity index (χ1n) is 5.72. The summed E-state index contributed by atoms with van der Waals surface area (Å²) in [5, 5.41) is -1.54. The lowest BCUT2D eigenvalue weighted by atomic mass is 10.0. The summed E-state index contributed by atoms with van der Waals surface area (Å²) in [6.07, 6.45) is 1.90. The normalized spacial score (nSPS) is 24.7. The average molecular weight is 295 g/mol. The van der Waals surface area contributed by atoms with E-state index in [1.54, 1.807) is 0 Å². The highest BCUT2D eigenvalue weighted by atomic mass is 35.5. The predicted octanol–water partition coefficient (Wildman–Crippen LogP) is 3.21. The van der Waals surface area contributed by atoms with E-state index in [-0.39, 0.29) is 5.75 Å². The molecule has 1 aliphatic rings. The summed E-state index contributed by atoms with van der Waals surface area (Å²) in [5.74, 6) is -1.86. The monoisotopic (exact) mass is 294 g/mol. The summed E-state index contributed by atoms with van der Waals surface area (Å²) in [6.45, 7) is 0. The smallest absolute Gasteiger partial charge is 0.159 e. The standard InChI is InChI=1S/C12H13ClF2O2S/c13-12(8-4-5-9(14)10(15)7-8)11-3-1-2-6-18(11,16)17/h4-5,7,11-12H,1-3,6H2. The molecule has 0 aromatic heterocycles. The quantitative estimate of drug-likeness (QED) is 0.785. The van der Waals surface area contributed by atoms with Crippen LogP contribution in [-0.4, -0.2) is 19.4 Å². The number of alkyl halides is 1. The van der Waals surface area contributed by atoms with E-state index in [1.807, 2.05) is 0 Å². The molecular weight excluding hydrogens is 282 g/mol. The molecule has 6 heteroatoms. The molecule has 1 aromatic rings. The average Bonchev–Trinajstić information content (AvgIpc) is 2.31. The summed E-state index contributed by atoms with van der Waals surface area (Å²) in [4.78, 5) is 0. The Balaban J connectivity index is 2.30. The zero-order valence-corrected chi connectivity index (χ0v) is 11.1. The van der Waals surface area contributed by atoms with Gasteiger partial charge in [-0.05, 0) is 30.5 Å². The molecule has 0 N–H and O–H groups in total. The van der Waals surface area contributed by atoms with Crippen molar-refractivity contribution >= 4 is 21.4 Å². The van der Waals surface area contributed by atoms with Gasteiger partial charge < -0.3 is 0 Å². The van der Waals surface area contributed by atoms with Crippen molar-refractivity contribution in [2.45, 2.75) is 29.9 Å². The topological polar surface area (TPSA) is 34.1 Å². The molecule has 2 atom stereocenters. The summed E-state index contributed by atoms with van der Waals surface area (Å²) in [7, 11) is -3.24. The van der Waals surface area contributed by atoms with Crippen LogP contribution in [0.4, 0.5) is 8.78 Å². The maximum absolute atomic E-state index is 13.1. The van der Waals surface area contributed by atoms with Crippen molar-refractivity contribution in [1.29, 1.82) is 0 Å². The van der Waals surface area contributed by atoms with Gasteiger partial charge >= 0.3 is 0 Å². The number of hydrogen-bond acceptors (Lipinski definition) is 2. The molecule has 1 heterocycles. The molecule has 0 amide bonds. The Hall–Kier alpha value is -0.680. The van der Waals surface area contributed by atoms with Gasteiger partial charge in [0.1, 0.15) is 0 Å². The van der Waals surface area contributed by atoms with E-state index in [0.29, 0.717) is 18.4 Å². The minimum Gasteiger partial charge on any atom is -0.228 e. The van der Waals surface area contributed by atoms with Crippen molar-refractivity contribution in [1.82, 2.24) is 0 Å². The minimum absolute atomic E-state index is 0.116. The van der Waals surface area contributed by atoms with Gasteiger partial charge in [0.2, 0.25) is 0 Å². The van der Waals surface area contributed by atoms with Gasteiger partial charge in [-0.1, -0.05) is 12.5 Å². The molecule has 0 bridgehead atoms. The van der Waals surface area contributed by atoms with E-state index < -0.39 is 32.1 Å². The van der Waals surface area contributed by atoms with Crippen molar-refractivity contribution in [3.8, 4) is 0 Å². The van der Waals surface area contributed by atoms with Crippen LogP contribution in [-0.2, 0) is 9.84 Å². The summed E-state index contributed by atoms with van der Waals surface area (Å²) in [6, 6.07) is 3.27. The van der Waals surface area contributed by atoms with Crippen molar-refractivity contribution in [2.24, 2.45) is 0 Å². The molecule has 1 saturated heterocycles. The first-order valence-corrected chi connectivity index (χ1v) is 7.87. The highest BCUT2D eigenvalue weighted by Gasteiger charge is 2.35. The van der Waals surface area contributed by atoms with Gasteiger partial charge in [-0.15, -0.1) is 11.6 Å². The van der Waals surface area contributed by atoms with Gasteiger partial charge in [0.25, 0.3) is 0 Å². The van der Waals surface area contributed by atoms with E-state index in [2.05, 4.69) is 0 Å². The highest BCUT2D eigenvalue weighted by Crippen LogP contribution is 2.35. The van der Waals surface area contributed by atoms with Crippen LogP contribution in [0.5, 0.6) is 0 Å². The lowest BCUT2D eigenvalue weighted by Gasteiger charge is -2.26. The van der Waals surface area contributed by atoms with Crippen molar-refractivity contribution < 1.29 is 17.2 Å². The van der Waals surface area contributed by atoms with E-state index in [4.69, 9.17) is 11.6 Å². The Kier molecular flexibility index (Phi) is 3.92. The zero-order chi connectivity index (χ0) is 13.3. The Labute approximate surface area is 110 Å². The summed E-state index contributed by atoms with van der Waals surface area (Å²) < 4.78 is 49.7. The zero-order valence-electron chi connectivity index (χ0n) is 9.57. The van der Waals surface area contributed by atoms with Gasteiger partial charge in [0.05, 0.1) is 16.4 Å². The van der Waals surface area contributed by atoms with Gasteiger partial charge in [0.15, 0.2) is 21.5 Å². The molecule has 18 heavy (non-hydrogen) atoms. The molecular formula is C12H13ClF2O2S. The molecule has 1 fully saturated rings. The molecule has 1 aliphatic heterocycles.